The molecule has 0 bridgehead atoms. The van der Waals surface area contributed by atoms with Gasteiger partial charge in [-0.15, -0.1) is 5.10 Å². The Kier molecular flexibility index (Phi) is 5.41. The molecular formula is C8H11F3N4O2S. The second-order valence-corrected chi connectivity index (χ2v) is 4.38. The first-order valence-electron chi connectivity index (χ1n) is 4.93. The maximum Gasteiger partial charge on any atom is 0.441 e. The molecule has 0 spiro atoms. The zero-order valence-corrected chi connectivity index (χ0v) is 9.96. The summed E-state index contributed by atoms with van der Waals surface area (Å²) >= 11 is -0.0871. The van der Waals surface area contributed by atoms with Crippen LogP contribution >= 0.6 is 11.8 Å². The Morgan fingerprint density at radius 3 is 2.78 bits per heavy atom. The first kappa shape index (κ1) is 14.8. The number of thioether (sulfide) groups is 1. The van der Waals surface area contributed by atoms with E-state index in [0.29, 0.717) is 13.1 Å². The highest BCUT2D eigenvalue weighted by Gasteiger charge is 2.27. The lowest BCUT2D eigenvalue weighted by molar-refractivity contribution is -0.0327. The molecule has 0 unspecified atom stereocenters. The van der Waals surface area contributed by atoms with Crippen molar-refractivity contribution in [3.63, 3.8) is 0 Å². The lowest BCUT2D eigenvalue weighted by Gasteiger charge is -2.06. The molecule has 0 aliphatic rings. The molecular weight excluding hydrogens is 273 g/mol. The van der Waals surface area contributed by atoms with E-state index < -0.39 is 11.5 Å². The normalized spacial score (nSPS) is 11.7. The molecule has 0 saturated carbocycles. The third-order valence-electron chi connectivity index (χ3n) is 1.82. The summed E-state index contributed by atoms with van der Waals surface area (Å²) < 4.78 is 36.6. The minimum absolute atomic E-state index is 0.0682. The molecule has 0 amide bonds. The van der Waals surface area contributed by atoms with Crippen LogP contribution in [0.5, 0.6) is 0 Å². The van der Waals surface area contributed by atoms with E-state index in [0.717, 1.165) is 0 Å². The van der Waals surface area contributed by atoms with Gasteiger partial charge in [0.25, 0.3) is 0 Å². The van der Waals surface area contributed by atoms with E-state index in [-0.39, 0.29) is 29.8 Å². The molecule has 0 atom stereocenters. The Morgan fingerprint density at radius 1 is 1.50 bits per heavy atom. The van der Waals surface area contributed by atoms with E-state index >= 15 is 0 Å². The molecule has 0 saturated heterocycles. The van der Waals surface area contributed by atoms with Gasteiger partial charge in [0.2, 0.25) is 0 Å². The van der Waals surface area contributed by atoms with Crippen LogP contribution in [0.25, 0.3) is 0 Å². The van der Waals surface area contributed by atoms with Gasteiger partial charge in [0.1, 0.15) is 0 Å². The van der Waals surface area contributed by atoms with Crippen molar-refractivity contribution < 1.29 is 23.1 Å². The van der Waals surface area contributed by atoms with Gasteiger partial charge in [-0.05, 0) is 11.8 Å². The second kappa shape index (κ2) is 6.59. The van der Waals surface area contributed by atoms with Crippen LogP contribution < -0.4 is 5.32 Å². The Labute approximate surface area is 105 Å². The first-order chi connectivity index (χ1) is 8.38. The molecule has 1 heterocycles. The van der Waals surface area contributed by atoms with Gasteiger partial charge < -0.3 is 10.4 Å². The Bertz CT molecular complexity index is 396. The summed E-state index contributed by atoms with van der Waals surface area (Å²) in [6.07, 6.45) is 1.26. The lowest BCUT2D eigenvalue weighted by Crippen LogP contribution is -2.23. The molecule has 0 aliphatic heterocycles. The maximum atomic E-state index is 11.8. The van der Waals surface area contributed by atoms with E-state index in [2.05, 4.69) is 15.6 Å². The Balaban J connectivity index is 2.12. The summed E-state index contributed by atoms with van der Waals surface area (Å²) in [7, 11) is 0. The lowest BCUT2D eigenvalue weighted by atomic mass is 10.5. The van der Waals surface area contributed by atoms with Gasteiger partial charge in [-0.2, -0.15) is 13.2 Å². The van der Waals surface area contributed by atoms with Gasteiger partial charge in [0, 0.05) is 18.8 Å². The molecule has 1 aromatic heterocycles. The fourth-order valence-corrected chi connectivity index (χ4v) is 1.54. The van der Waals surface area contributed by atoms with Crippen molar-refractivity contribution in [2.75, 3.05) is 18.8 Å². The topological polar surface area (TPSA) is 80.0 Å². The van der Waals surface area contributed by atoms with Crippen LogP contribution in [0, 0.1) is 0 Å². The van der Waals surface area contributed by atoms with E-state index in [4.69, 9.17) is 5.11 Å². The Morgan fingerprint density at radius 2 is 2.22 bits per heavy atom. The van der Waals surface area contributed by atoms with Gasteiger partial charge in [-0.1, -0.05) is 5.21 Å². The number of carboxylic acid groups (broad SMARTS) is 1. The molecule has 0 radical (unpaired) electrons. The maximum absolute atomic E-state index is 11.8. The smallest absolute Gasteiger partial charge is 0.441 e. The molecule has 10 heteroatoms. The summed E-state index contributed by atoms with van der Waals surface area (Å²) in [6, 6.07) is 0. The highest BCUT2D eigenvalue weighted by molar-refractivity contribution is 8.00. The summed E-state index contributed by atoms with van der Waals surface area (Å²) in [5, 5.41) is 18.3. The number of hydrogen-bond acceptors (Lipinski definition) is 5. The SMILES string of the molecule is O=C(O)c1cn(CCNCCSC(F)(F)F)nn1. The van der Waals surface area contributed by atoms with E-state index in [9.17, 15) is 18.0 Å². The molecule has 1 aromatic rings. The van der Waals surface area contributed by atoms with E-state index in [1.807, 2.05) is 0 Å². The van der Waals surface area contributed by atoms with Gasteiger partial charge in [0.15, 0.2) is 5.69 Å². The van der Waals surface area contributed by atoms with E-state index in [1.165, 1.54) is 10.9 Å². The average Bonchev–Trinajstić information content (AvgIpc) is 2.70. The number of halogens is 3. The number of aromatic carboxylic acids is 1. The van der Waals surface area contributed by atoms with Gasteiger partial charge >= 0.3 is 11.5 Å². The predicted molar refractivity (Wildman–Crippen MR) is 58.4 cm³/mol. The van der Waals surface area contributed by atoms with Crippen molar-refractivity contribution in [2.24, 2.45) is 0 Å². The average molecular weight is 284 g/mol. The minimum Gasteiger partial charge on any atom is -0.476 e. The summed E-state index contributed by atoms with van der Waals surface area (Å²) in [6.45, 7) is 0.947. The molecule has 2 N–H and O–H groups in total. The number of carboxylic acids is 1. The summed E-state index contributed by atoms with van der Waals surface area (Å²) in [5.74, 6) is -1.24. The fourth-order valence-electron chi connectivity index (χ4n) is 1.06. The molecule has 0 fully saturated rings. The molecule has 0 aliphatic carbocycles. The first-order valence-corrected chi connectivity index (χ1v) is 5.92. The zero-order valence-electron chi connectivity index (χ0n) is 9.15. The third-order valence-corrected chi connectivity index (χ3v) is 2.56. The predicted octanol–water partition coefficient (Wildman–Crippen LogP) is 0.819. The van der Waals surface area contributed by atoms with E-state index in [1.54, 1.807) is 0 Å². The van der Waals surface area contributed by atoms with Crippen molar-refractivity contribution in [2.45, 2.75) is 12.1 Å². The van der Waals surface area contributed by atoms with Crippen LogP contribution in [-0.4, -0.2) is 50.4 Å². The third kappa shape index (κ3) is 5.87. The molecule has 1 rings (SSSR count). The van der Waals surface area contributed by atoms with Crippen LogP contribution in [0.3, 0.4) is 0 Å². The second-order valence-electron chi connectivity index (χ2n) is 3.22. The Hall–Kier alpha value is -1.29. The van der Waals surface area contributed by atoms with Crippen LogP contribution in [-0.2, 0) is 6.54 Å². The van der Waals surface area contributed by atoms with Gasteiger partial charge in [-0.3, -0.25) is 4.68 Å². The monoisotopic (exact) mass is 284 g/mol. The standard InChI is InChI=1S/C8H11F3N4O2S/c9-8(10,11)18-4-2-12-1-3-15-5-6(7(16)17)13-14-15/h5,12H,1-4H2,(H,16,17). The van der Waals surface area contributed by atoms with Crippen LogP contribution in [0.4, 0.5) is 13.2 Å². The van der Waals surface area contributed by atoms with Gasteiger partial charge in [-0.25, -0.2) is 4.79 Å². The fraction of sp³-hybridized carbons (Fsp3) is 0.625. The van der Waals surface area contributed by atoms with Crippen molar-refractivity contribution in [1.29, 1.82) is 0 Å². The zero-order chi connectivity index (χ0) is 13.6. The minimum atomic E-state index is -4.20. The molecule has 0 aromatic carbocycles. The molecule has 102 valence electrons. The largest absolute Gasteiger partial charge is 0.476 e. The van der Waals surface area contributed by atoms with Crippen molar-refractivity contribution in [3.05, 3.63) is 11.9 Å². The number of alkyl halides is 3. The number of hydrogen-bond donors (Lipinski definition) is 2. The molecule has 18 heavy (non-hydrogen) atoms. The number of rotatable bonds is 7. The van der Waals surface area contributed by atoms with Gasteiger partial charge in [0.05, 0.1) is 12.7 Å². The van der Waals surface area contributed by atoms with Crippen LogP contribution in [0.1, 0.15) is 10.5 Å². The van der Waals surface area contributed by atoms with Crippen molar-refractivity contribution >= 4 is 17.7 Å². The highest BCUT2D eigenvalue weighted by Crippen LogP contribution is 2.29. The van der Waals surface area contributed by atoms with Crippen molar-refractivity contribution in [3.8, 4) is 0 Å². The quantitative estimate of drug-likeness (QED) is 0.722. The number of nitrogens with one attached hydrogen (secondary N) is 1. The van der Waals surface area contributed by atoms with Crippen LogP contribution in [0.2, 0.25) is 0 Å². The summed E-state index contributed by atoms with van der Waals surface area (Å²) in [5.41, 5.74) is -4.37. The number of nitrogens with zero attached hydrogens (tertiary/aromatic N) is 3. The van der Waals surface area contributed by atoms with Crippen LogP contribution in [0.15, 0.2) is 6.20 Å². The van der Waals surface area contributed by atoms with Crippen molar-refractivity contribution in [1.82, 2.24) is 20.3 Å². The highest BCUT2D eigenvalue weighted by atomic mass is 32.2. The number of carbonyl (C=O) groups is 1. The molecule has 6 nitrogen and oxygen atoms in total. The number of aromatic nitrogens is 3. The summed E-state index contributed by atoms with van der Waals surface area (Å²) in [4.78, 5) is 10.5.